The lowest BCUT2D eigenvalue weighted by atomic mass is 9.87. The monoisotopic (exact) mass is 370 g/mol. The number of carbonyl (C=O) groups is 1. The van der Waals surface area contributed by atoms with Gasteiger partial charge in [-0.25, -0.2) is 0 Å². The van der Waals surface area contributed by atoms with E-state index >= 15 is 0 Å². The summed E-state index contributed by atoms with van der Waals surface area (Å²) in [5, 5.41) is 1.33. The van der Waals surface area contributed by atoms with Crippen LogP contribution in [-0.4, -0.2) is 54.3 Å². The second-order valence-corrected chi connectivity index (χ2v) is 7.92. The van der Waals surface area contributed by atoms with E-state index < -0.39 is 0 Å². The second kappa shape index (κ2) is 8.03. The number of piperidine rings is 1. The number of aromatic nitrogens is 1. The Bertz CT molecular complexity index is 786. The zero-order chi connectivity index (χ0) is 18.8. The number of aromatic amines is 1. The van der Waals surface area contributed by atoms with Crippen LogP contribution in [-0.2, 0) is 14.3 Å². The van der Waals surface area contributed by atoms with Crippen molar-refractivity contribution in [2.45, 2.75) is 57.7 Å². The van der Waals surface area contributed by atoms with Gasteiger partial charge in [-0.1, -0.05) is 18.2 Å². The van der Waals surface area contributed by atoms with Crippen molar-refractivity contribution < 1.29 is 14.3 Å². The molecule has 2 aliphatic rings. The van der Waals surface area contributed by atoms with E-state index in [1.165, 1.54) is 22.2 Å². The molecule has 1 aromatic heterocycles. The number of para-hydroxylation sites is 1. The Morgan fingerprint density at radius 1 is 1.30 bits per heavy atom. The van der Waals surface area contributed by atoms with E-state index in [1.54, 1.807) is 0 Å². The van der Waals surface area contributed by atoms with Gasteiger partial charge in [-0.3, -0.25) is 4.79 Å². The van der Waals surface area contributed by atoms with Crippen LogP contribution in [0.4, 0.5) is 0 Å². The molecule has 5 nitrogen and oxygen atoms in total. The first-order valence-corrected chi connectivity index (χ1v) is 10.2. The first-order valence-electron chi connectivity index (χ1n) is 10.2. The van der Waals surface area contributed by atoms with Gasteiger partial charge in [0.05, 0.1) is 12.7 Å². The first-order chi connectivity index (χ1) is 13.1. The van der Waals surface area contributed by atoms with E-state index in [2.05, 4.69) is 36.2 Å². The van der Waals surface area contributed by atoms with E-state index in [1.807, 2.05) is 11.8 Å². The third-order valence-corrected chi connectivity index (χ3v) is 6.06. The van der Waals surface area contributed by atoms with Crippen molar-refractivity contribution in [2.24, 2.45) is 0 Å². The van der Waals surface area contributed by atoms with Gasteiger partial charge in [0.25, 0.3) is 5.91 Å². The highest BCUT2D eigenvalue weighted by atomic mass is 16.5. The lowest BCUT2D eigenvalue weighted by Gasteiger charge is -2.34. The lowest BCUT2D eigenvalue weighted by Crippen LogP contribution is -2.44. The number of carbonyl (C=O) groups excluding carboxylic acids is 1. The van der Waals surface area contributed by atoms with Crippen molar-refractivity contribution in [3.05, 3.63) is 35.5 Å². The topological polar surface area (TPSA) is 54.6 Å². The number of nitrogens with zero attached hydrogens (tertiary/aromatic N) is 1. The Kier molecular flexibility index (Phi) is 5.50. The second-order valence-electron chi connectivity index (χ2n) is 7.92. The van der Waals surface area contributed by atoms with E-state index in [0.717, 1.165) is 45.4 Å². The molecule has 1 aromatic carbocycles. The largest absolute Gasteiger partial charge is 0.376 e. The first kappa shape index (κ1) is 18.5. The maximum absolute atomic E-state index is 12.7. The summed E-state index contributed by atoms with van der Waals surface area (Å²) in [4.78, 5) is 18.2. The summed E-state index contributed by atoms with van der Waals surface area (Å²) >= 11 is 0. The molecule has 4 rings (SSSR count). The third-order valence-electron chi connectivity index (χ3n) is 6.06. The van der Waals surface area contributed by atoms with Crippen LogP contribution >= 0.6 is 0 Å². The fraction of sp³-hybridized carbons (Fsp3) is 0.591. The molecule has 27 heavy (non-hydrogen) atoms. The molecule has 0 aliphatic carbocycles. The number of hydrogen-bond donors (Lipinski definition) is 1. The number of likely N-dealkylation sites (tertiary alicyclic amines) is 1. The third kappa shape index (κ3) is 3.90. The normalized spacial score (nSPS) is 22.4. The van der Waals surface area contributed by atoms with Gasteiger partial charge in [-0.2, -0.15) is 0 Å². The summed E-state index contributed by atoms with van der Waals surface area (Å²) in [6.45, 7) is 6.97. The highest BCUT2D eigenvalue weighted by Gasteiger charge is 2.29. The van der Waals surface area contributed by atoms with E-state index in [-0.39, 0.29) is 18.1 Å². The average Bonchev–Trinajstić information content (AvgIpc) is 3.32. The minimum Gasteiger partial charge on any atom is -0.376 e. The van der Waals surface area contributed by atoms with Crippen LogP contribution in [0.3, 0.4) is 0 Å². The quantitative estimate of drug-likeness (QED) is 0.872. The number of fused-ring (bicyclic) bond motifs is 1. The number of benzene rings is 1. The molecule has 2 saturated heterocycles. The smallest absolute Gasteiger partial charge is 0.251 e. The van der Waals surface area contributed by atoms with Crippen LogP contribution in [0.15, 0.2) is 24.3 Å². The van der Waals surface area contributed by atoms with Gasteiger partial charge < -0.3 is 19.4 Å². The predicted octanol–water partition coefficient (Wildman–Crippen LogP) is 3.77. The highest BCUT2D eigenvalue weighted by molar-refractivity contribution is 5.85. The molecule has 2 atom stereocenters. The molecule has 2 aliphatic heterocycles. The maximum atomic E-state index is 12.7. The molecule has 0 bridgehead atoms. The Morgan fingerprint density at radius 3 is 2.81 bits per heavy atom. The average molecular weight is 370 g/mol. The van der Waals surface area contributed by atoms with Gasteiger partial charge in [0.2, 0.25) is 0 Å². The van der Waals surface area contributed by atoms with E-state index in [4.69, 9.17) is 9.47 Å². The van der Waals surface area contributed by atoms with Gasteiger partial charge in [0.15, 0.2) is 0 Å². The Hall–Kier alpha value is -1.85. The Balaban J connectivity index is 1.34. The van der Waals surface area contributed by atoms with Crippen LogP contribution in [0.5, 0.6) is 0 Å². The van der Waals surface area contributed by atoms with Gasteiger partial charge in [0, 0.05) is 36.3 Å². The van der Waals surface area contributed by atoms with Crippen molar-refractivity contribution in [3.8, 4) is 0 Å². The Labute approximate surface area is 161 Å². The molecule has 3 heterocycles. The molecule has 1 amide bonds. The molecular weight excluding hydrogens is 340 g/mol. The fourth-order valence-corrected chi connectivity index (χ4v) is 4.57. The molecule has 146 valence electrons. The summed E-state index contributed by atoms with van der Waals surface area (Å²) in [6.07, 6.45) is 3.92. The zero-order valence-electron chi connectivity index (χ0n) is 16.4. The number of nitrogens with one attached hydrogen (secondary N) is 1. The van der Waals surface area contributed by atoms with Gasteiger partial charge >= 0.3 is 0 Å². The van der Waals surface area contributed by atoms with E-state index in [0.29, 0.717) is 12.5 Å². The molecule has 1 N–H and O–H groups in total. The number of rotatable bonds is 5. The minimum absolute atomic E-state index is 0.113. The Morgan fingerprint density at radius 2 is 2.07 bits per heavy atom. The number of hydrogen-bond acceptors (Lipinski definition) is 3. The zero-order valence-corrected chi connectivity index (χ0v) is 16.4. The number of ether oxygens (including phenoxy) is 2. The van der Waals surface area contributed by atoms with Crippen LogP contribution in [0, 0.1) is 6.92 Å². The van der Waals surface area contributed by atoms with Crippen molar-refractivity contribution >= 4 is 16.8 Å². The summed E-state index contributed by atoms with van der Waals surface area (Å²) in [5.74, 6) is 0.621. The SMILES string of the molecule is Cc1[nH]c2ccccc2c1C1CCN(C(=O)C(C)OCC2CCCO2)CC1. The lowest BCUT2D eigenvalue weighted by molar-refractivity contribution is -0.145. The molecule has 2 unspecified atom stereocenters. The van der Waals surface area contributed by atoms with Crippen molar-refractivity contribution in [1.82, 2.24) is 9.88 Å². The molecule has 2 fully saturated rings. The molecular formula is C22H30N2O3. The van der Waals surface area contributed by atoms with Crippen LogP contribution in [0.25, 0.3) is 10.9 Å². The number of H-pyrrole nitrogens is 1. The van der Waals surface area contributed by atoms with Gasteiger partial charge in [-0.15, -0.1) is 0 Å². The number of aryl methyl sites for hydroxylation is 1. The standard InChI is InChI=1S/C22H30N2O3/c1-15-21(19-7-3-4-8-20(19)23-15)17-9-11-24(12-10-17)22(25)16(2)27-14-18-6-5-13-26-18/h3-4,7-8,16-18,23H,5-6,9-14H2,1-2H3. The maximum Gasteiger partial charge on any atom is 0.251 e. The summed E-state index contributed by atoms with van der Waals surface area (Å²) in [7, 11) is 0. The molecule has 0 saturated carbocycles. The van der Waals surface area contributed by atoms with Crippen molar-refractivity contribution in [3.63, 3.8) is 0 Å². The minimum atomic E-state index is -0.388. The number of amides is 1. The van der Waals surface area contributed by atoms with E-state index in [9.17, 15) is 4.79 Å². The summed E-state index contributed by atoms with van der Waals surface area (Å²) in [6, 6.07) is 8.51. The molecule has 0 radical (unpaired) electrons. The summed E-state index contributed by atoms with van der Waals surface area (Å²) in [5.41, 5.74) is 3.90. The van der Waals surface area contributed by atoms with Gasteiger partial charge in [0.1, 0.15) is 6.10 Å². The van der Waals surface area contributed by atoms with Crippen LogP contribution in [0.2, 0.25) is 0 Å². The molecule has 0 spiro atoms. The molecule has 5 heteroatoms. The van der Waals surface area contributed by atoms with Crippen LogP contribution in [0.1, 0.15) is 49.8 Å². The fourth-order valence-electron chi connectivity index (χ4n) is 4.57. The highest BCUT2D eigenvalue weighted by Crippen LogP contribution is 2.35. The summed E-state index contributed by atoms with van der Waals surface area (Å²) < 4.78 is 11.4. The molecule has 2 aromatic rings. The van der Waals surface area contributed by atoms with Crippen molar-refractivity contribution in [1.29, 1.82) is 0 Å². The predicted molar refractivity (Wildman–Crippen MR) is 106 cm³/mol. The van der Waals surface area contributed by atoms with Gasteiger partial charge in [-0.05, 0) is 57.1 Å². The van der Waals surface area contributed by atoms with Crippen LogP contribution < -0.4 is 0 Å². The van der Waals surface area contributed by atoms with Crippen molar-refractivity contribution in [2.75, 3.05) is 26.3 Å².